The summed E-state index contributed by atoms with van der Waals surface area (Å²) in [5.41, 5.74) is 2.50. The number of hydrogen-bond acceptors (Lipinski definition) is 4. The van der Waals surface area contributed by atoms with Crippen molar-refractivity contribution in [3.8, 4) is 11.5 Å². The van der Waals surface area contributed by atoms with E-state index < -0.39 is 5.76 Å². The molecule has 3 rings (SSSR count). The summed E-state index contributed by atoms with van der Waals surface area (Å²) in [6, 6.07) is 16.6. The SMILES string of the molecule is CCc1cccc(NC(=O)Cn2nc(-c3ccccc3)oc2=O)c1. The van der Waals surface area contributed by atoms with Crippen molar-refractivity contribution in [1.82, 2.24) is 9.78 Å². The van der Waals surface area contributed by atoms with E-state index in [1.54, 1.807) is 18.2 Å². The quantitative estimate of drug-likeness (QED) is 0.783. The lowest BCUT2D eigenvalue weighted by atomic mass is 10.1. The smallest absolute Gasteiger partial charge is 0.388 e. The summed E-state index contributed by atoms with van der Waals surface area (Å²) in [5, 5.41) is 6.83. The molecule has 0 fully saturated rings. The second-order valence-electron chi connectivity index (χ2n) is 5.30. The zero-order valence-corrected chi connectivity index (χ0v) is 13.2. The molecule has 0 aliphatic rings. The van der Waals surface area contributed by atoms with Crippen LogP contribution in [0.3, 0.4) is 0 Å². The number of benzene rings is 2. The molecule has 1 amide bonds. The number of carbonyl (C=O) groups excluding carboxylic acids is 1. The van der Waals surface area contributed by atoms with Gasteiger partial charge in [-0.2, -0.15) is 4.68 Å². The fourth-order valence-corrected chi connectivity index (χ4v) is 2.31. The Morgan fingerprint density at radius 3 is 2.71 bits per heavy atom. The number of rotatable bonds is 5. The number of aryl methyl sites for hydroxylation is 1. The van der Waals surface area contributed by atoms with Gasteiger partial charge < -0.3 is 9.73 Å². The molecule has 0 saturated carbocycles. The van der Waals surface area contributed by atoms with Crippen LogP contribution in [0.5, 0.6) is 0 Å². The summed E-state index contributed by atoms with van der Waals surface area (Å²) < 4.78 is 6.12. The van der Waals surface area contributed by atoms with Crippen molar-refractivity contribution < 1.29 is 9.21 Å². The largest absolute Gasteiger partial charge is 0.437 e. The minimum Gasteiger partial charge on any atom is -0.388 e. The number of nitrogens with zero attached hydrogens (tertiary/aromatic N) is 2. The maximum Gasteiger partial charge on any atom is 0.437 e. The molecule has 0 saturated heterocycles. The molecule has 0 radical (unpaired) electrons. The van der Waals surface area contributed by atoms with E-state index >= 15 is 0 Å². The van der Waals surface area contributed by atoms with Gasteiger partial charge in [0.15, 0.2) is 0 Å². The van der Waals surface area contributed by atoms with Crippen LogP contribution in [0.15, 0.2) is 63.8 Å². The number of hydrogen-bond donors (Lipinski definition) is 1. The molecule has 6 heteroatoms. The molecule has 0 spiro atoms. The predicted octanol–water partition coefficient (Wildman–Crippen LogP) is 2.70. The van der Waals surface area contributed by atoms with Crippen LogP contribution in [0, 0.1) is 0 Å². The maximum absolute atomic E-state index is 12.1. The Hall–Kier alpha value is -3.15. The van der Waals surface area contributed by atoms with Crippen LogP contribution in [0.4, 0.5) is 5.69 Å². The summed E-state index contributed by atoms with van der Waals surface area (Å²) in [4.78, 5) is 24.0. The van der Waals surface area contributed by atoms with Crippen LogP contribution in [0.1, 0.15) is 12.5 Å². The first kappa shape index (κ1) is 15.7. The first-order valence-corrected chi connectivity index (χ1v) is 7.68. The van der Waals surface area contributed by atoms with Crippen LogP contribution in [-0.4, -0.2) is 15.7 Å². The fraction of sp³-hybridized carbons (Fsp3) is 0.167. The summed E-state index contributed by atoms with van der Waals surface area (Å²) in [6.07, 6.45) is 0.882. The molecule has 0 unspecified atom stereocenters. The van der Waals surface area contributed by atoms with Gasteiger partial charge in [-0.3, -0.25) is 4.79 Å². The van der Waals surface area contributed by atoms with E-state index in [9.17, 15) is 9.59 Å². The summed E-state index contributed by atoms with van der Waals surface area (Å²) in [5.74, 6) is -0.800. The van der Waals surface area contributed by atoms with Crippen LogP contribution < -0.4 is 11.1 Å². The number of amides is 1. The second kappa shape index (κ2) is 6.95. The van der Waals surface area contributed by atoms with Crippen molar-refractivity contribution in [2.24, 2.45) is 0 Å². The van der Waals surface area contributed by atoms with Crippen LogP contribution in [-0.2, 0) is 17.8 Å². The molecular weight excluding hydrogens is 306 g/mol. The predicted molar refractivity (Wildman–Crippen MR) is 90.6 cm³/mol. The van der Waals surface area contributed by atoms with Gasteiger partial charge in [-0.1, -0.05) is 37.3 Å². The van der Waals surface area contributed by atoms with E-state index in [1.165, 1.54) is 0 Å². The minimum absolute atomic E-state index is 0.196. The van der Waals surface area contributed by atoms with E-state index in [0.717, 1.165) is 16.7 Å². The van der Waals surface area contributed by atoms with Gasteiger partial charge in [-0.15, -0.1) is 5.10 Å². The van der Waals surface area contributed by atoms with Gasteiger partial charge in [0.1, 0.15) is 6.54 Å². The topological polar surface area (TPSA) is 77.1 Å². The normalized spacial score (nSPS) is 10.5. The molecule has 1 aromatic heterocycles. The van der Waals surface area contributed by atoms with E-state index in [1.807, 2.05) is 43.3 Å². The lowest BCUT2D eigenvalue weighted by Gasteiger charge is -2.06. The van der Waals surface area contributed by atoms with Crippen molar-refractivity contribution in [1.29, 1.82) is 0 Å². The lowest BCUT2D eigenvalue weighted by Crippen LogP contribution is -2.25. The van der Waals surface area contributed by atoms with Crippen molar-refractivity contribution in [2.75, 3.05) is 5.32 Å². The molecule has 6 nitrogen and oxygen atoms in total. The maximum atomic E-state index is 12.1. The Bertz CT molecular complexity index is 897. The molecule has 2 aromatic carbocycles. The van der Waals surface area contributed by atoms with Gasteiger partial charge in [-0.05, 0) is 36.2 Å². The Morgan fingerprint density at radius 2 is 1.96 bits per heavy atom. The minimum atomic E-state index is -0.661. The number of aromatic nitrogens is 2. The second-order valence-corrected chi connectivity index (χ2v) is 5.30. The third kappa shape index (κ3) is 3.60. The molecule has 1 N–H and O–H groups in total. The van der Waals surface area contributed by atoms with E-state index in [4.69, 9.17) is 4.42 Å². The van der Waals surface area contributed by atoms with Gasteiger partial charge in [0.25, 0.3) is 0 Å². The van der Waals surface area contributed by atoms with Crippen molar-refractivity contribution >= 4 is 11.6 Å². The standard InChI is InChI=1S/C18H17N3O3/c1-2-13-7-6-10-15(11-13)19-16(22)12-21-18(23)24-17(20-21)14-8-4-3-5-9-14/h3-11H,2,12H2,1H3,(H,19,22). The zero-order valence-electron chi connectivity index (χ0n) is 13.2. The number of carbonyl (C=O) groups is 1. The highest BCUT2D eigenvalue weighted by Crippen LogP contribution is 2.14. The summed E-state index contributed by atoms with van der Waals surface area (Å²) in [7, 11) is 0. The molecule has 0 atom stereocenters. The van der Waals surface area contributed by atoms with Crippen LogP contribution in [0.2, 0.25) is 0 Å². The van der Waals surface area contributed by atoms with E-state index in [-0.39, 0.29) is 18.3 Å². The fourth-order valence-electron chi connectivity index (χ4n) is 2.31. The van der Waals surface area contributed by atoms with Crippen LogP contribution >= 0.6 is 0 Å². The van der Waals surface area contributed by atoms with Gasteiger partial charge in [0, 0.05) is 11.3 Å². The van der Waals surface area contributed by atoms with Gasteiger partial charge in [0.05, 0.1) is 0 Å². The zero-order chi connectivity index (χ0) is 16.9. The van der Waals surface area contributed by atoms with Crippen molar-refractivity contribution in [3.63, 3.8) is 0 Å². The molecule has 0 bridgehead atoms. The Labute approximate surface area is 138 Å². The molecule has 0 aliphatic heterocycles. The average molecular weight is 323 g/mol. The Kier molecular flexibility index (Phi) is 4.56. The summed E-state index contributed by atoms with van der Waals surface area (Å²) in [6.45, 7) is 1.84. The molecule has 3 aromatic rings. The summed E-state index contributed by atoms with van der Waals surface area (Å²) >= 11 is 0. The first-order chi connectivity index (χ1) is 11.7. The van der Waals surface area contributed by atoms with E-state index in [0.29, 0.717) is 11.3 Å². The molecule has 122 valence electrons. The highest BCUT2D eigenvalue weighted by Gasteiger charge is 2.13. The molecular formula is C18H17N3O3. The van der Waals surface area contributed by atoms with Gasteiger partial charge in [0.2, 0.25) is 11.8 Å². The molecule has 0 aliphatic carbocycles. The Morgan fingerprint density at radius 1 is 1.17 bits per heavy atom. The van der Waals surface area contributed by atoms with Crippen molar-refractivity contribution in [2.45, 2.75) is 19.9 Å². The van der Waals surface area contributed by atoms with Crippen molar-refractivity contribution in [3.05, 3.63) is 70.7 Å². The first-order valence-electron chi connectivity index (χ1n) is 7.68. The average Bonchev–Trinajstić information content (AvgIpc) is 2.96. The number of anilines is 1. The van der Waals surface area contributed by atoms with Gasteiger partial charge >= 0.3 is 5.76 Å². The third-order valence-corrected chi connectivity index (χ3v) is 3.54. The third-order valence-electron chi connectivity index (χ3n) is 3.54. The lowest BCUT2D eigenvalue weighted by molar-refractivity contribution is -0.117. The van der Waals surface area contributed by atoms with E-state index in [2.05, 4.69) is 10.4 Å². The van der Waals surface area contributed by atoms with Gasteiger partial charge in [-0.25, -0.2) is 4.79 Å². The number of nitrogens with one attached hydrogen (secondary N) is 1. The molecule has 1 heterocycles. The monoisotopic (exact) mass is 323 g/mol. The molecule has 24 heavy (non-hydrogen) atoms. The van der Waals surface area contributed by atoms with Crippen LogP contribution in [0.25, 0.3) is 11.5 Å². The highest BCUT2D eigenvalue weighted by atomic mass is 16.4. The highest BCUT2D eigenvalue weighted by molar-refractivity contribution is 5.90. The Balaban J connectivity index is 1.73.